The van der Waals surface area contributed by atoms with Gasteiger partial charge in [-0.25, -0.2) is 4.98 Å². The second-order valence-corrected chi connectivity index (χ2v) is 7.21. The number of nitrogens with zero attached hydrogens (tertiary/aromatic N) is 3. The Morgan fingerprint density at radius 2 is 2.00 bits per heavy atom. The van der Waals surface area contributed by atoms with Crippen LogP contribution in [0.15, 0.2) is 35.5 Å². The third-order valence-corrected chi connectivity index (χ3v) is 5.41. The van der Waals surface area contributed by atoms with Gasteiger partial charge in [0.05, 0.1) is 24.6 Å². The Morgan fingerprint density at radius 3 is 2.67 bits per heavy atom. The first-order valence-electron chi connectivity index (χ1n) is 9.72. The van der Waals surface area contributed by atoms with Gasteiger partial charge in [0.1, 0.15) is 0 Å². The zero-order chi connectivity index (χ0) is 21.3. The predicted molar refractivity (Wildman–Crippen MR) is 114 cm³/mol. The van der Waals surface area contributed by atoms with Crippen LogP contribution in [0.5, 0.6) is 0 Å². The number of rotatable bonds is 4. The van der Waals surface area contributed by atoms with E-state index in [1.807, 2.05) is 12.1 Å². The molecule has 0 bridgehead atoms. The van der Waals surface area contributed by atoms with Crippen LogP contribution in [-0.2, 0) is 11.2 Å². The van der Waals surface area contributed by atoms with Gasteiger partial charge in [-0.2, -0.15) is 0 Å². The number of amides is 2. The van der Waals surface area contributed by atoms with Gasteiger partial charge in [-0.05, 0) is 29.3 Å². The van der Waals surface area contributed by atoms with Crippen LogP contribution in [0.2, 0.25) is 0 Å². The fourth-order valence-electron chi connectivity index (χ4n) is 3.92. The molecule has 1 aliphatic carbocycles. The minimum Gasteiger partial charge on any atom is -0.404 e. The van der Waals surface area contributed by atoms with Crippen LogP contribution >= 0.6 is 0 Å². The van der Waals surface area contributed by atoms with Crippen molar-refractivity contribution >= 4 is 23.6 Å². The molecule has 1 aliphatic heterocycles. The maximum Gasteiger partial charge on any atom is 0.254 e. The molecule has 1 aromatic heterocycles. The molecule has 0 saturated carbocycles. The highest BCUT2D eigenvalue weighted by Crippen LogP contribution is 2.38. The molecule has 154 valence electrons. The fourth-order valence-corrected chi connectivity index (χ4v) is 3.92. The number of fused-ring (bicyclic) bond motifs is 3. The number of allylic oxidation sites excluding steroid dienone is 1. The molecule has 0 atom stereocenters. The molecule has 0 unspecified atom stereocenters. The molecule has 0 radical (unpaired) electrons. The normalized spacial score (nSPS) is 15.9. The van der Waals surface area contributed by atoms with E-state index in [1.54, 1.807) is 30.3 Å². The number of ether oxygens (including phenoxy) is 1. The van der Waals surface area contributed by atoms with Crippen molar-refractivity contribution in [3.05, 3.63) is 58.4 Å². The van der Waals surface area contributed by atoms with E-state index in [0.29, 0.717) is 60.8 Å². The molecule has 2 aromatic rings. The standard InChI is InChI=1S/C22H23N5O3/c1-25-12-15(11-23)19-10-18(21(24)28)17-9-14-8-13(2-3-16(14)20(17)26-19)22(29)27-4-6-30-7-5-27/h2-3,8,10-12H,4-7,9,23H2,1H3,(H2,24,28). The van der Waals surface area contributed by atoms with E-state index in [-0.39, 0.29) is 5.91 Å². The van der Waals surface area contributed by atoms with Crippen molar-refractivity contribution in [1.29, 1.82) is 0 Å². The first-order valence-corrected chi connectivity index (χ1v) is 9.72. The number of hydrogen-bond acceptors (Lipinski definition) is 6. The van der Waals surface area contributed by atoms with Gasteiger partial charge in [-0.1, -0.05) is 6.07 Å². The van der Waals surface area contributed by atoms with Crippen molar-refractivity contribution in [1.82, 2.24) is 9.88 Å². The third kappa shape index (κ3) is 3.46. The zero-order valence-electron chi connectivity index (χ0n) is 16.7. The molecule has 4 rings (SSSR count). The van der Waals surface area contributed by atoms with Gasteiger partial charge in [0, 0.05) is 61.2 Å². The molecule has 2 aliphatic rings. The summed E-state index contributed by atoms with van der Waals surface area (Å²) in [5.74, 6) is -0.550. The Kier molecular flexibility index (Phi) is 5.33. The van der Waals surface area contributed by atoms with E-state index >= 15 is 0 Å². The van der Waals surface area contributed by atoms with E-state index in [4.69, 9.17) is 21.2 Å². The van der Waals surface area contributed by atoms with Gasteiger partial charge in [0.15, 0.2) is 0 Å². The molecular weight excluding hydrogens is 382 g/mol. The van der Waals surface area contributed by atoms with Gasteiger partial charge in [0.2, 0.25) is 5.91 Å². The minimum absolute atomic E-state index is 0.0201. The van der Waals surface area contributed by atoms with E-state index in [1.165, 1.54) is 6.20 Å². The van der Waals surface area contributed by atoms with E-state index in [0.717, 1.165) is 16.7 Å². The lowest BCUT2D eigenvalue weighted by molar-refractivity contribution is 0.0303. The SMILES string of the molecule is CN=CC(=CN)c1cc(C(N)=O)c2c(n1)-c1ccc(C(=O)N3CCOCC3)cc1C2. The van der Waals surface area contributed by atoms with Crippen molar-refractivity contribution in [3.8, 4) is 11.3 Å². The van der Waals surface area contributed by atoms with Crippen LogP contribution in [-0.4, -0.2) is 61.3 Å². The summed E-state index contributed by atoms with van der Waals surface area (Å²) >= 11 is 0. The molecule has 1 saturated heterocycles. The summed E-state index contributed by atoms with van der Waals surface area (Å²) in [6, 6.07) is 7.22. The number of nitrogens with two attached hydrogens (primary N) is 2. The summed E-state index contributed by atoms with van der Waals surface area (Å²) < 4.78 is 5.33. The number of primary amides is 1. The molecule has 1 aromatic carbocycles. The van der Waals surface area contributed by atoms with E-state index in [9.17, 15) is 9.59 Å². The Morgan fingerprint density at radius 1 is 1.23 bits per heavy atom. The minimum atomic E-state index is -0.530. The number of aromatic nitrogens is 1. The maximum absolute atomic E-state index is 12.8. The molecule has 30 heavy (non-hydrogen) atoms. The smallest absolute Gasteiger partial charge is 0.254 e. The van der Waals surface area contributed by atoms with Gasteiger partial charge in [-0.15, -0.1) is 0 Å². The van der Waals surface area contributed by atoms with Crippen LogP contribution in [0.4, 0.5) is 0 Å². The van der Waals surface area contributed by atoms with Crippen LogP contribution in [0.25, 0.3) is 16.8 Å². The first kappa shape index (κ1) is 19.8. The van der Waals surface area contributed by atoms with Crippen molar-refractivity contribution in [3.63, 3.8) is 0 Å². The van der Waals surface area contributed by atoms with Crippen LogP contribution in [0.1, 0.15) is 37.5 Å². The van der Waals surface area contributed by atoms with E-state index < -0.39 is 5.91 Å². The summed E-state index contributed by atoms with van der Waals surface area (Å²) in [6.45, 7) is 2.27. The lowest BCUT2D eigenvalue weighted by Crippen LogP contribution is -2.40. The summed E-state index contributed by atoms with van der Waals surface area (Å²) in [4.78, 5) is 35.5. The highest BCUT2D eigenvalue weighted by Gasteiger charge is 2.28. The lowest BCUT2D eigenvalue weighted by atomic mass is 10.0. The van der Waals surface area contributed by atoms with Crippen molar-refractivity contribution in [2.75, 3.05) is 33.4 Å². The maximum atomic E-state index is 12.8. The van der Waals surface area contributed by atoms with Gasteiger partial charge < -0.3 is 21.1 Å². The van der Waals surface area contributed by atoms with Crippen molar-refractivity contribution in [2.45, 2.75) is 6.42 Å². The van der Waals surface area contributed by atoms with Crippen LogP contribution in [0, 0.1) is 0 Å². The number of benzene rings is 1. The summed E-state index contributed by atoms with van der Waals surface area (Å²) in [5.41, 5.74) is 16.8. The zero-order valence-corrected chi connectivity index (χ0v) is 16.7. The molecule has 1 fully saturated rings. The second-order valence-electron chi connectivity index (χ2n) is 7.21. The Bertz CT molecular complexity index is 1080. The molecule has 4 N–H and O–H groups in total. The van der Waals surface area contributed by atoms with Crippen molar-refractivity contribution < 1.29 is 14.3 Å². The van der Waals surface area contributed by atoms with Crippen molar-refractivity contribution in [2.24, 2.45) is 16.5 Å². The number of aliphatic imine (C=N–C) groups is 1. The Balaban J connectivity index is 1.76. The topological polar surface area (TPSA) is 124 Å². The van der Waals surface area contributed by atoms with Crippen LogP contribution in [0.3, 0.4) is 0 Å². The quantitative estimate of drug-likeness (QED) is 0.632. The Labute approximate surface area is 174 Å². The summed E-state index contributed by atoms with van der Waals surface area (Å²) in [5, 5.41) is 0. The molecule has 2 amide bonds. The first-order chi connectivity index (χ1) is 14.5. The molecule has 8 heteroatoms. The Hall–Kier alpha value is -3.52. The summed E-state index contributed by atoms with van der Waals surface area (Å²) in [7, 11) is 1.63. The van der Waals surface area contributed by atoms with Gasteiger partial charge in [-0.3, -0.25) is 14.6 Å². The fraction of sp³-hybridized carbons (Fsp3) is 0.273. The summed E-state index contributed by atoms with van der Waals surface area (Å²) in [6.07, 6.45) is 3.47. The monoisotopic (exact) mass is 405 g/mol. The number of carbonyl (C=O) groups is 2. The average Bonchev–Trinajstić information content (AvgIpc) is 3.14. The molecule has 2 heterocycles. The van der Waals surface area contributed by atoms with Gasteiger partial charge >= 0.3 is 0 Å². The lowest BCUT2D eigenvalue weighted by Gasteiger charge is -2.27. The predicted octanol–water partition coefficient (Wildman–Crippen LogP) is 1.22. The number of morpholine rings is 1. The number of pyridine rings is 1. The third-order valence-electron chi connectivity index (χ3n) is 5.41. The largest absolute Gasteiger partial charge is 0.404 e. The van der Waals surface area contributed by atoms with E-state index in [2.05, 4.69) is 4.99 Å². The molecular formula is C22H23N5O3. The highest BCUT2D eigenvalue weighted by molar-refractivity contribution is 6.10. The number of carbonyl (C=O) groups excluding carboxylic acids is 2. The highest BCUT2D eigenvalue weighted by atomic mass is 16.5. The number of hydrogen-bond donors (Lipinski definition) is 2. The van der Waals surface area contributed by atoms with Crippen LogP contribution < -0.4 is 11.5 Å². The second kappa shape index (κ2) is 8.08. The molecule has 8 nitrogen and oxygen atoms in total. The van der Waals surface area contributed by atoms with Gasteiger partial charge in [0.25, 0.3) is 5.91 Å². The molecule has 0 spiro atoms. The average molecular weight is 405 g/mol.